The number of benzene rings is 2. The second kappa shape index (κ2) is 5.83. The smallest absolute Gasteiger partial charge is 0.408 e. The Hall–Kier alpha value is -2.54. The summed E-state index contributed by atoms with van der Waals surface area (Å²) in [6.45, 7) is 4.09. The first-order chi connectivity index (χ1) is 11.3. The number of aromatic nitrogens is 1. The highest BCUT2D eigenvalue weighted by molar-refractivity contribution is 7.92. The van der Waals surface area contributed by atoms with Crippen LogP contribution in [-0.4, -0.2) is 13.0 Å². The van der Waals surface area contributed by atoms with Crippen LogP contribution in [-0.2, 0) is 17.1 Å². The minimum Gasteiger partial charge on any atom is -0.408 e. The molecule has 0 spiro atoms. The van der Waals surface area contributed by atoms with Crippen LogP contribution in [0.5, 0.6) is 0 Å². The topological polar surface area (TPSA) is 81.3 Å². The Kier molecular flexibility index (Phi) is 3.96. The fourth-order valence-electron chi connectivity index (χ4n) is 2.44. The van der Waals surface area contributed by atoms with E-state index < -0.39 is 15.8 Å². The molecular formula is C17H18N2O4S. The molecule has 6 nitrogen and oxygen atoms in total. The number of anilines is 1. The first-order valence-electron chi connectivity index (χ1n) is 7.50. The molecule has 126 valence electrons. The average Bonchev–Trinajstić information content (AvgIpc) is 2.81. The quantitative estimate of drug-likeness (QED) is 0.787. The van der Waals surface area contributed by atoms with Gasteiger partial charge in [-0.05, 0) is 35.7 Å². The molecule has 0 aliphatic rings. The van der Waals surface area contributed by atoms with Crippen molar-refractivity contribution in [1.82, 2.24) is 4.57 Å². The first-order valence-corrected chi connectivity index (χ1v) is 8.98. The summed E-state index contributed by atoms with van der Waals surface area (Å²) < 4.78 is 33.9. The van der Waals surface area contributed by atoms with Gasteiger partial charge in [0.05, 0.1) is 16.1 Å². The fraction of sp³-hybridized carbons (Fsp3) is 0.235. The Balaban J connectivity index is 1.92. The number of hydrogen-bond donors (Lipinski definition) is 1. The number of oxazole rings is 1. The zero-order chi connectivity index (χ0) is 17.5. The second-order valence-electron chi connectivity index (χ2n) is 5.94. The number of fused-ring (bicyclic) bond motifs is 1. The molecule has 0 saturated carbocycles. The molecular weight excluding hydrogens is 328 g/mol. The van der Waals surface area contributed by atoms with Gasteiger partial charge in [-0.15, -0.1) is 0 Å². The van der Waals surface area contributed by atoms with Crippen molar-refractivity contribution in [2.45, 2.75) is 24.7 Å². The summed E-state index contributed by atoms with van der Waals surface area (Å²) in [5, 5.41) is 0. The van der Waals surface area contributed by atoms with E-state index >= 15 is 0 Å². The minimum atomic E-state index is -3.70. The molecule has 0 radical (unpaired) electrons. The summed E-state index contributed by atoms with van der Waals surface area (Å²) >= 11 is 0. The van der Waals surface area contributed by atoms with E-state index in [4.69, 9.17) is 4.42 Å². The molecule has 0 amide bonds. The van der Waals surface area contributed by atoms with E-state index in [-0.39, 0.29) is 4.90 Å². The Labute approximate surface area is 139 Å². The summed E-state index contributed by atoms with van der Waals surface area (Å²) in [7, 11) is -2.11. The van der Waals surface area contributed by atoms with Crippen molar-refractivity contribution in [3.8, 4) is 0 Å². The molecule has 24 heavy (non-hydrogen) atoms. The minimum absolute atomic E-state index is 0.182. The molecule has 1 heterocycles. The van der Waals surface area contributed by atoms with Crippen LogP contribution in [0, 0.1) is 0 Å². The van der Waals surface area contributed by atoms with E-state index in [1.165, 1.54) is 10.6 Å². The van der Waals surface area contributed by atoms with Crippen molar-refractivity contribution in [2.24, 2.45) is 7.05 Å². The molecule has 0 aliphatic carbocycles. The molecule has 3 rings (SSSR count). The van der Waals surface area contributed by atoms with Crippen LogP contribution >= 0.6 is 0 Å². The summed E-state index contributed by atoms with van der Waals surface area (Å²) in [5.41, 5.74) is 2.34. The van der Waals surface area contributed by atoms with Crippen molar-refractivity contribution in [3.63, 3.8) is 0 Å². The van der Waals surface area contributed by atoms with Crippen molar-refractivity contribution in [3.05, 3.63) is 58.6 Å². The maximum Gasteiger partial charge on any atom is 0.419 e. The molecule has 2 aromatic carbocycles. The summed E-state index contributed by atoms with van der Waals surface area (Å²) in [6.07, 6.45) is 0. The van der Waals surface area contributed by atoms with Gasteiger partial charge in [0.25, 0.3) is 10.0 Å². The van der Waals surface area contributed by atoms with Crippen LogP contribution in [0.15, 0.2) is 56.6 Å². The van der Waals surface area contributed by atoms with Gasteiger partial charge in [-0.25, -0.2) is 13.2 Å². The zero-order valence-corrected chi connectivity index (χ0v) is 14.4. The third-order valence-corrected chi connectivity index (χ3v) is 5.30. The molecule has 1 N–H and O–H groups in total. The van der Waals surface area contributed by atoms with E-state index in [1.807, 2.05) is 13.8 Å². The van der Waals surface area contributed by atoms with Gasteiger partial charge in [0.2, 0.25) is 0 Å². The monoisotopic (exact) mass is 346 g/mol. The number of hydrogen-bond acceptors (Lipinski definition) is 4. The number of aryl methyl sites for hydroxylation is 1. The van der Waals surface area contributed by atoms with Gasteiger partial charge in [-0.1, -0.05) is 26.0 Å². The maximum atomic E-state index is 12.5. The lowest BCUT2D eigenvalue weighted by molar-refractivity contribution is 0.528. The largest absolute Gasteiger partial charge is 0.419 e. The van der Waals surface area contributed by atoms with E-state index in [0.29, 0.717) is 22.7 Å². The van der Waals surface area contributed by atoms with Crippen molar-refractivity contribution < 1.29 is 12.8 Å². The molecule has 0 aliphatic heterocycles. The van der Waals surface area contributed by atoms with E-state index in [9.17, 15) is 13.2 Å². The van der Waals surface area contributed by atoms with Gasteiger partial charge < -0.3 is 4.42 Å². The summed E-state index contributed by atoms with van der Waals surface area (Å²) in [4.78, 5) is 11.7. The standard InChI is InChI=1S/C17H18N2O4S/c1-11(2)12-4-7-14(8-5-12)24(21,22)18-13-6-9-15-16(10-13)23-17(20)19(15)3/h4-11,18H,1-3H3. The predicted molar refractivity (Wildman–Crippen MR) is 92.8 cm³/mol. The normalized spacial score (nSPS) is 12.0. The summed E-state index contributed by atoms with van der Waals surface area (Å²) in [6, 6.07) is 11.5. The van der Waals surface area contributed by atoms with Crippen molar-refractivity contribution in [2.75, 3.05) is 4.72 Å². The Bertz CT molecular complexity index is 1040. The van der Waals surface area contributed by atoms with Crippen LogP contribution < -0.4 is 10.5 Å². The third kappa shape index (κ3) is 2.94. The predicted octanol–water partition coefficient (Wildman–Crippen LogP) is 3.06. The maximum absolute atomic E-state index is 12.5. The van der Waals surface area contributed by atoms with Crippen molar-refractivity contribution in [1.29, 1.82) is 0 Å². The van der Waals surface area contributed by atoms with Gasteiger partial charge in [-0.2, -0.15) is 0 Å². The first kappa shape index (κ1) is 16.3. The van der Waals surface area contributed by atoms with Gasteiger partial charge in [0.15, 0.2) is 5.58 Å². The Morgan fingerprint density at radius 1 is 1.08 bits per heavy atom. The second-order valence-corrected chi connectivity index (χ2v) is 7.62. The lowest BCUT2D eigenvalue weighted by Gasteiger charge is -2.10. The van der Waals surface area contributed by atoms with Gasteiger partial charge >= 0.3 is 5.76 Å². The summed E-state index contributed by atoms with van der Waals surface area (Å²) in [5.74, 6) is -0.160. The van der Waals surface area contributed by atoms with Crippen LogP contribution in [0.4, 0.5) is 5.69 Å². The van der Waals surface area contributed by atoms with Gasteiger partial charge in [0, 0.05) is 13.1 Å². The molecule has 3 aromatic rings. The van der Waals surface area contributed by atoms with E-state index in [2.05, 4.69) is 4.72 Å². The molecule has 7 heteroatoms. The highest BCUT2D eigenvalue weighted by atomic mass is 32.2. The lowest BCUT2D eigenvalue weighted by atomic mass is 10.0. The number of nitrogens with zero attached hydrogens (tertiary/aromatic N) is 1. The highest BCUT2D eigenvalue weighted by Crippen LogP contribution is 2.22. The van der Waals surface area contributed by atoms with Crippen molar-refractivity contribution >= 4 is 26.8 Å². The Morgan fingerprint density at radius 2 is 1.75 bits per heavy atom. The van der Waals surface area contributed by atoms with Gasteiger partial charge in [-0.3, -0.25) is 9.29 Å². The van der Waals surface area contributed by atoms with E-state index in [1.54, 1.807) is 43.4 Å². The molecule has 0 atom stereocenters. The molecule has 0 saturated heterocycles. The van der Waals surface area contributed by atoms with Crippen LogP contribution in [0.2, 0.25) is 0 Å². The van der Waals surface area contributed by atoms with E-state index in [0.717, 1.165) is 5.56 Å². The molecule has 1 aromatic heterocycles. The number of sulfonamides is 1. The SMILES string of the molecule is CC(C)c1ccc(S(=O)(=O)Nc2ccc3c(c2)oc(=O)n3C)cc1. The third-order valence-electron chi connectivity index (χ3n) is 3.90. The molecule has 0 bridgehead atoms. The molecule has 0 unspecified atom stereocenters. The van der Waals surface area contributed by atoms with Gasteiger partial charge in [0.1, 0.15) is 0 Å². The van der Waals surface area contributed by atoms with Crippen LogP contribution in [0.3, 0.4) is 0 Å². The zero-order valence-electron chi connectivity index (χ0n) is 13.6. The Morgan fingerprint density at radius 3 is 2.38 bits per heavy atom. The fourth-order valence-corrected chi connectivity index (χ4v) is 3.49. The highest BCUT2D eigenvalue weighted by Gasteiger charge is 2.15. The van der Waals surface area contributed by atoms with Crippen LogP contribution in [0.1, 0.15) is 25.3 Å². The average molecular weight is 346 g/mol. The lowest BCUT2D eigenvalue weighted by Crippen LogP contribution is -2.13. The number of rotatable bonds is 4. The number of nitrogens with one attached hydrogen (secondary N) is 1. The van der Waals surface area contributed by atoms with Crippen LogP contribution in [0.25, 0.3) is 11.1 Å². The molecule has 0 fully saturated rings.